The Bertz CT molecular complexity index is 1580. The van der Waals surface area contributed by atoms with Crippen LogP contribution in [0.1, 0.15) is 40.0 Å². The van der Waals surface area contributed by atoms with Crippen molar-refractivity contribution in [2.45, 2.75) is 38.8 Å². The van der Waals surface area contributed by atoms with Gasteiger partial charge in [-0.05, 0) is 72.0 Å². The number of hydrogen-bond acceptors (Lipinski definition) is 5. The summed E-state index contributed by atoms with van der Waals surface area (Å²) in [4.78, 5) is 19.8. The molecule has 1 aliphatic carbocycles. The SMILES string of the molecule is Cc1cc(CNCC2CC(F)(F)C2)cc(N2Cc3ccc(-c4ccc(F)cc4-c4nncn4C)cc3C2=O)n1. The number of pyridine rings is 1. The van der Waals surface area contributed by atoms with E-state index in [2.05, 4.69) is 20.5 Å². The van der Waals surface area contributed by atoms with Crippen molar-refractivity contribution >= 4 is 11.7 Å². The maximum atomic E-state index is 14.2. The van der Waals surface area contributed by atoms with Gasteiger partial charge in [0.15, 0.2) is 5.82 Å². The van der Waals surface area contributed by atoms with Gasteiger partial charge in [0.25, 0.3) is 5.91 Å². The number of hydrogen-bond donors (Lipinski definition) is 1. The molecule has 0 unspecified atom stereocenters. The van der Waals surface area contributed by atoms with Gasteiger partial charge in [-0.3, -0.25) is 9.69 Å². The van der Waals surface area contributed by atoms with Gasteiger partial charge in [0.1, 0.15) is 18.0 Å². The molecule has 4 aromatic rings. The van der Waals surface area contributed by atoms with Crippen LogP contribution in [0.25, 0.3) is 22.5 Å². The number of anilines is 1. The number of halogens is 3. The topological polar surface area (TPSA) is 75.9 Å². The zero-order valence-corrected chi connectivity index (χ0v) is 21.6. The predicted octanol–water partition coefficient (Wildman–Crippen LogP) is 5.29. The van der Waals surface area contributed by atoms with Crippen LogP contribution in [0.15, 0.2) is 54.9 Å². The van der Waals surface area contributed by atoms with E-state index in [1.807, 2.05) is 37.3 Å². The second-order valence-electron chi connectivity index (χ2n) is 10.5. The fourth-order valence-corrected chi connectivity index (χ4v) is 5.45. The molecule has 2 aromatic heterocycles. The third-order valence-corrected chi connectivity index (χ3v) is 7.37. The van der Waals surface area contributed by atoms with E-state index in [1.54, 1.807) is 28.9 Å². The van der Waals surface area contributed by atoms with Crippen molar-refractivity contribution in [1.82, 2.24) is 25.1 Å². The molecule has 2 aliphatic rings. The minimum atomic E-state index is -2.52. The first-order chi connectivity index (χ1) is 18.7. The van der Waals surface area contributed by atoms with E-state index < -0.39 is 5.92 Å². The zero-order chi connectivity index (χ0) is 27.3. The quantitative estimate of drug-likeness (QED) is 0.350. The molecule has 6 rings (SSSR count). The van der Waals surface area contributed by atoms with Gasteiger partial charge in [-0.1, -0.05) is 18.2 Å². The van der Waals surface area contributed by atoms with E-state index >= 15 is 0 Å². The van der Waals surface area contributed by atoms with E-state index in [0.29, 0.717) is 42.4 Å². The second-order valence-corrected chi connectivity index (χ2v) is 10.5. The molecule has 200 valence electrons. The van der Waals surface area contributed by atoms with Crippen molar-refractivity contribution in [3.05, 3.63) is 83.1 Å². The number of carbonyl (C=O) groups is 1. The summed E-state index contributed by atoms with van der Waals surface area (Å²) in [5.41, 5.74) is 5.24. The molecule has 3 heterocycles. The maximum Gasteiger partial charge on any atom is 0.260 e. The number of fused-ring (bicyclic) bond motifs is 1. The number of carbonyl (C=O) groups excluding carboxylic acids is 1. The summed E-state index contributed by atoms with van der Waals surface area (Å²) in [6.07, 6.45) is 1.42. The van der Waals surface area contributed by atoms with Crippen molar-refractivity contribution in [3.63, 3.8) is 0 Å². The van der Waals surface area contributed by atoms with E-state index in [-0.39, 0.29) is 30.5 Å². The van der Waals surface area contributed by atoms with Gasteiger partial charge < -0.3 is 9.88 Å². The van der Waals surface area contributed by atoms with Crippen LogP contribution in [0.4, 0.5) is 19.0 Å². The van der Waals surface area contributed by atoms with Crippen molar-refractivity contribution < 1.29 is 18.0 Å². The minimum Gasteiger partial charge on any atom is -0.317 e. The number of rotatable bonds is 7. The number of amides is 1. The third kappa shape index (κ3) is 4.92. The Morgan fingerprint density at radius 3 is 2.62 bits per heavy atom. The van der Waals surface area contributed by atoms with E-state index in [4.69, 9.17) is 0 Å². The average Bonchev–Trinajstić information content (AvgIpc) is 3.45. The Morgan fingerprint density at radius 1 is 1.05 bits per heavy atom. The summed E-state index contributed by atoms with van der Waals surface area (Å²) in [6, 6.07) is 14.0. The first-order valence-electron chi connectivity index (χ1n) is 12.8. The second kappa shape index (κ2) is 9.60. The van der Waals surface area contributed by atoms with Crippen LogP contribution in [-0.2, 0) is 20.1 Å². The molecule has 0 atom stereocenters. The predicted molar refractivity (Wildman–Crippen MR) is 141 cm³/mol. The Hall–Kier alpha value is -4.05. The van der Waals surface area contributed by atoms with E-state index in [0.717, 1.165) is 27.9 Å². The fourth-order valence-electron chi connectivity index (χ4n) is 5.45. The minimum absolute atomic E-state index is 0.0125. The summed E-state index contributed by atoms with van der Waals surface area (Å²) in [7, 11) is 1.79. The lowest BCUT2D eigenvalue weighted by Crippen LogP contribution is -2.40. The summed E-state index contributed by atoms with van der Waals surface area (Å²) in [5, 5.41) is 11.3. The highest BCUT2D eigenvalue weighted by Crippen LogP contribution is 2.42. The summed E-state index contributed by atoms with van der Waals surface area (Å²) < 4.78 is 42.1. The first kappa shape index (κ1) is 25.2. The number of nitrogens with zero attached hydrogens (tertiary/aromatic N) is 5. The lowest BCUT2D eigenvalue weighted by atomic mass is 9.81. The van der Waals surface area contributed by atoms with Gasteiger partial charge in [-0.15, -0.1) is 10.2 Å². The molecule has 2 aromatic carbocycles. The Morgan fingerprint density at radius 2 is 1.87 bits per heavy atom. The first-order valence-corrected chi connectivity index (χ1v) is 12.8. The number of aryl methyl sites for hydroxylation is 2. The zero-order valence-electron chi connectivity index (χ0n) is 21.6. The third-order valence-electron chi connectivity index (χ3n) is 7.37. The molecule has 1 saturated carbocycles. The Kier molecular flexibility index (Phi) is 6.22. The molecule has 0 bridgehead atoms. The normalized spacial score (nSPS) is 16.4. The highest BCUT2D eigenvalue weighted by Gasteiger charge is 2.44. The molecule has 1 N–H and O–H groups in total. The van der Waals surface area contributed by atoms with Crippen molar-refractivity contribution in [3.8, 4) is 22.5 Å². The molecule has 1 amide bonds. The average molecular weight is 533 g/mol. The van der Waals surface area contributed by atoms with Crippen molar-refractivity contribution in [1.29, 1.82) is 0 Å². The largest absolute Gasteiger partial charge is 0.317 e. The van der Waals surface area contributed by atoms with Crippen LogP contribution in [0.5, 0.6) is 0 Å². The molecule has 7 nitrogen and oxygen atoms in total. The molecule has 0 radical (unpaired) electrons. The number of alkyl halides is 2. The summed E-state index contributed by atoms with van der Waals surface area (Å²) in [6.45, 7) is 3.29. The smallest absolute Gasteiger partial charge is 0.260 e. The van der Waals surface area contributed by atoms with Gasteiger partial charge in [0, 0.05) is 43.3 Å². The highest BCUT2D eigenvalue weighted by atomic mass is 19.3. The van der Waals surface area contributed by atoms with Crippen LogP contribution in [0.2, 0.25) is 0 Å². The number of aromatic nitrogens is 4. The maximum absolute atomic E-state index is 14.2. The number of nitrogens with one attached hydrogen (secondary N) is 1. The lowest BCUT2D eigenvalue weighted by molar-refractivity contribution is -0.109. The molecule has 1 aliphatic heterocycles. The van der Waals surface area contributed by atoms with Crippen molar-refractivity contribution in [2.24, 2.45) is 13.0 Å². The standard InChI is InChI=1S/C29H27F3N6O/c1-17-7-18(13-33-14-19-11-29(31,32)12-19)8-26(35-17)38-15-21-4-3-20(9-24(21)28(38)39)23-6-5-22(30)10-25(23)27-36-34-16-37(27)2/h3-10,16,19,33H,11-15H2,1-2H3. The molecule has 39 heavy (non-hydrogen) atoms. The van der Waals surface area contributed by atoms with Gasteiger partial charge in [0.2, 0.25) is 5.92 Å². The van der Waals surface area contributed by atoms with Gasteiger partial charge in [-0.2, -0.15) is 0 Å². The van der Waals surface area contributed by atoms with Gasteiger partial charge >= 0.3 is 0 Å². The molecule has 0 saturated heterocycles. The molecular formula is C29H27F3N6O. The van der Waals surface area contributed by atoms with Crippen LogP contribution in [0, 0.1) is 18.7 Å². The van der Waals surface area contributed by atoms with Crippen LogP contribution in [0.3, 0.4) is 0 Å². The fraction of sp³-hybridized carbons (Fsp3) is 0.310. The Balaban J connectivity index is 1.23. The van der Waals surface area contributed by atoms with E-state index in [9.17, 15) is 18.0 Å². The summed E-state index contributed by atoms with van der Waals surface area (Å²) >= 11 is 0. The molecule has 0 spiro atoms. The lowest BCUT2D eigenvalue weighted by Gasteiger charge is -2.35. The van der Waals surface area contributed by atoms with Gasteiger partial charge in [-0.25, -0.2) is 18.2 Å². The molecule has 1 fully saturated rings. The van der Waals surface area contributed by atoms with E-state index in [1.165, 1.54) is 12.1 Å². The van der Waals surface area contributed by atoms with Crippen LogP contribution in [-0.4, -0.2) is 38.1 Å². The van der Waals surface area contributed by atoms with Gasteiger partial charge in [0.05, 0.1) is 6.54 Å². The molecule has 10 heteroatoms. The van der Waals surface area contributed by atoms with Crippen molar-refractivity contribution in [2.75, 3.05) is 11.4 Å². The Labute approximate surface area is 223 Å². The number of benzene rings is 2. The van der Waals surface area contributed by atoms with Crippen LogP contribution >= 0.6 is 0 Å². The highest BCUT2D eigenvalue weighted by molar-refractivity contribution is 6.10. The monoisotopic (exact) mass is 532 g/mol. The van der Waals surface area contributed by atoms with Crippen LogP contribution < -0.4 is 10.2 Å². The molecular weight excluding hydrogens is 505 g/mol. The summed E-state index contributed by atoms with van der Waals surface area (Å²) in [5.74, 6) is -2.02.